The molecule has 7 heteroatoms. The average Bonchev–Trinajstić information content (AvgIpc) is 2.90. The number of nitrogens with one attached hydrogen (secondary N) is 2. The second-order valence-electron chi connectivity index (χ2n) is 4.31. The number of carbonyl (C=O) groups excluding carboxylic acids is 1. The second kappa shape index (κ2) is 5.80. The Morgan fingerprint density at radius 2 is 1.95 bits per heavy atom. The fourth-order valence-corrected chi connectivity index (χ4v) is 2.95. The third-order valence-electron chi connectivity index (χ3n) is 2.88. The molecule has 5 nitrogen and oxygen atoms in total. The number of nitrogens with zero attached hydrogens (tertiary/aromatic N) is 1. The highest BCUT2D eigenvalue weighted by Gasteiger charge is 2.08. The van der Waals surface area contributed by atoms with E-state index in [9.17, 15) is 4.79 Å². The molecular weight excluding hydrogens is 352 g/mol. The molecule has 0 spiro atoms. The number of rotatable bonds is 3. The second-order valence-corrected chi connectivity index (χ2v) is 6.25. The maximum atomic E-state index is 12.2. The molecule has 21 heavy (non-hydrogen) atoms. The molecule has 0 radical (unpaired) electrons. The van der Waals surface area contributed by atoms with Crippen LogP contribution >= 0.6 is 27.3 Å². The molecule has 1 amide bonds. The summed E-state index contributed by atoms with van der Waals surface area (Å²) in [6.07, 6.45) is 0. The van der Waals surface area contributed by atoms with E-state index in [4.69, 9.17) is 5.84 Å². The fourth-order valence-electron chi connectivity index (χ4n) is 1.87. The monoisotopic (exact) mass is 362 g/mol. The van der Waals surface area contributed by atoms with Crippen LogP contribution in [0, 0.1) is 0 Å². The molecule has 0 aliphatic rings. The van der Waals surface area contributed by atoms with Gasteiger partial charge in [-0.15, -0.1) is 0 Å². The van der Waals surface area contributed by atoms with Crippen molar-refractivity contribution < 1.29 is 4.79 Å². The summed E-state index contributed by atoms with van der Waals surface area (Å²) < 4.78 is 1.89. The van der Waals surface area contributed by atoms with Gasteiger partial charge in [0.2, 0.25) is 0 Å². The lowest BCUT2D eigenvalue weighted by Gasteiger charge is -2.05. The van der Waals surface area contributed by atoms with Crippen LogP contribution in [-0.4, -0.2) is 10.9 Å². The summed E-state index contributed by atoms with van der Waals surface area (Å²) in [4.78, 5) is 16.4. The number of nitrogen functional groups attached to an aromatic ring is 1. The molecule has 0 saturated carbocycles. The average molecular weight is 363 g/mol. The Hall–Kier alpha value is -1.96. The van der Waals surface area contributed by atoms with Gasteiger partial charge in [-0.25, -0.2) is 10.8 Å². The number of amides is 1. The van der Waals surface area contributed by atoms with E-state index in [0.717, 1.165) is 20.4 Å². The molecular formula is C14H11BrN4OS. The van der Waals surface area contributed by atoms with Crippen LogP contribution in [0.2, 0.25) is 0 Å². The van der Waals surface area contributed by atoms with Crippen molar-refractivity contribution in [2.75, 3.05) is 10.7 Å². The van der Waals surface area contributed by atoms with Crippen molar-refractivity contribution in [1.82, 2.24) is 4.98 Å². The molecule has 1 heterocycles. The molecule has 1 aromatic heterocycles. The summed E-state index contributed by atoms with van der Waals surface area (Å²) in [5, 5.41) is 3.51. The summed E-state index contributed by atoms with van der Waals surface area (Å²) in [7, 11) is 0. The molecule has 3 rings (SSSR count). The van der Waals surface area contributed by atoms with Gasteiger partial charge >= 0.3 is 0 Å². The maximum absolute atomic E-state index is 12.2. The number of aromatic nitrogens is 1. The fraction of sp³-hybridized carbons (Fsp3) is 0. The zero-order valence-electron chi connectivity index (χ0n) is 10.8. The lowest BCUT2D eigenvalue weighted by molar-refractivity contribution is 0.102. The van der Waals surface area contributed by atoms with Crippen LogP contribution in [-0.2, 0) is 0 Å². The van der Waals surface area contributed by atoms with Gasteiger partial charge in [0.25, 0.3) is 5.91 Å². The number of nitrogens with two attached hydrogens (primary N) is 1. The largest absolute Gasteiger partial charge is 0.322 e. The van der Waals surface area contributed by atoms with Crippen molar-refractivity contribution in [2.45, 2.75) is 0 Å². The van der Waals surface area contributed by atoms with Gasteiger partial charge < -0.3 is 5.32 Å². The van der Waals surface area contributed by atoms with E-state index in [1.165, 1.54) is 11.3 Å². The highest BCUT2D eigenvalue weighted by molar-refractivity contribution is 9.10. The van der Waals surface area contributed by atoms with Gasteiger partial charge in [0.1, 0.15) is 0 Å². The van der Waals surface area contributed by atoms with E-state index in [1.54, 1.807) is 12.1 Å². The van der Waals surface area contributed by atoms with E-state index >= 15 is 0 Å². The first kappa shape index (κ1) is 14.0. The molecule has 3 aromatic rings. The van der Waals surface area contributed by atoms with Crippen LogP contribution in [0.15, 0.2) is 46.9 Å². The molecule has 0 unspecified atom stereocenters. The predicted molar refractivity (Wildman–Crippen MR) is 89.5 cm³/mol. The van der Waals surface area contributed by atoms with Gasteiger partial charge in [-0.05, 0) is 42.5 Å². The van der Waals surface area contributed by atoms with Crippen LogP contribution in [0.3, 0.4) is 0 Å². The first-order valence-corrected chi connectivity index (χ1v) is 7.71. The van der Waals surface area contributed by atoms with Gasteiger partial charge in [-0.2, -0.15) is 0 Å². The summed E-state index contributed by atoms with van der Waals surface area (Å²) >= 11 is 4.78. The van der Waals surface area contributed by atoms with Crippen molar-refractivity contribution in [3.63, 3.8) is 0 Å². The van der Waals surface area contributed by atoms with Crippen LogP contribution in [0.25, 0.3) is 10.2 Å². The van der Waals surface area contributed by atoms with Crippen molar-refractivity contribution in [3.8, 4) is 0 Å². The molecule has 4 N–H and O–H groups in total. The molecule has 0 bridgehead atoms. The van der Waals surface area contributed by atoms with Gasteiger partial charge in [-0.3, -0.25) is 10.2 Å². The normalized spacial score (nSPS) is 10.6. The zero-order valence-corrected chi connectivity index (χ0v) is 13.2. The smallest absolute Gasteiger partial charge is 0.255 e. The number of halogens is 1. The summed E-state index contributed by atoms with van der Waals surface area (Å²) in [6.45, 7) is 0. The third-order valence-corrected chi connectivity index (χ3v) is 4.35. The Kier molecular flexibility index (Phi) is 3.87. The Labute approximate surface area is 133 Å². The lowest BCUT2D eigenvalue weighted by atomic mass is 10.2. The minimum absolute atomic E-state index is 0.150. The summed E-state index contributed by atoms with van der Waals surface area (Å²) in [5.41, 5.74) is 4.69. The standard InChI is InChI=1S/C14H11BrN4OS/c15-9-3-1-8(2-4-9)13(20)17-10-5-6-11-12(7-10)21-14(18-11)19-16/h1-7H,16H2,(H,17,20)(H,18,19). The lowest BCUT2D eigenvalue weighted by Crippen LogP contribution is -2.11. The van der Waals surface area contributed by atoms with E-state index in [1.807, 2.05) is 30.3 Å². The third kappa shape index (κ3) is 3.05. The van der Waals surface area contributed by atoms with Crippen LogP contribution < -0.4 is 16.6 Å². The number of carbonyl (C=O) groups is 1. The highest BCUT2D eigenvalue weighted by Crippen LogP contribution is 2.28. The first-order chi connectivity index (χ1) is 10.2. The van der Waals surface area contributed by atoms with E-state index in [2.05, 4.69) is 31.7 Å². The number of benzene rings is 2. The van der Waals surface area contributed by atoms with Crippen molar-refractivity contribution in [1.29, 1.82) is 0 Å². The minimum Gasteiger partial charge on any atom is -0.322 e. The van der Waals surface area contributed by atoms with E-state index in [0.29, 0.717) is 10.7 Å². The number of anilines is 2. The Bertz CT molecular complexity index is 800. The summed E-state index contributed by atoms with van der Waals surface area (Å²) in [6, 6.07) is 12.7. The van der Waals surface area contributed by atoms with Crippen molar-refractivity contribution >= 4 is 54.2 Å². The number of hydrogen-bond donors (Lipinski definition) is 3. The SMILES string of the molecule is NNc1nc2ccc(NC(=O)c3ccc(Br)cc3)cc2s1. The van der Waals surface area contributed by atoms with Crippen LogP contribution in [0.4, 0.5) is 10.8 Å². The number of hydrogen-bond acceptors (Lipinski definition) is 5. The molecule has 2 aromatic carbocycles. The Morgan fingerprint density at radius 3 is 2.67 bits per heavy atom. The Balaban J connectivity index is 1.83. The van der Waals surface area contributed by atoms with Gasteiger partial charge in [0.15, 0.2) is 5.13 Å². The molecule has 0 aliphatic carbocycles. The van der Waals surface area contributed by atoms with Gasteiger partial charge in [0, 0.05) is 15.7 Å². The number of fused-ring (bicyclic) bond motifs is 1. The van der Waals surface area contributed by atoms with Gasteiger partial charge in [0.05, 0.1) is 10.2 Å². The molecule has 0 aliphatic heterocycles. The number of hydrazine groups is 1. The number of thiazole rings is 1. The molecule has 0 atom stereocenters. The van der Waals surface area contributed by atoms with Crippen molar-refractivity contribution in [3.05, 3.63) is 52.5 Å². The first-order valence-electron chi connectivity index (χ1n) is 6.10. The van der Waals surface area contributed by atoms with E-state index in [-0.39, 0.29) is 5.91 Å². The summed E-state index contributed by atoms with van der Waals surface area (Å²) in [5.74, 6) is 5.20. The molecule has 0 saturated heterocycles. The van der Waals surface area contributed by atoms with Crippen LogP contribution in [0.5, 0.6) is 0 Å². The van der Waals surface area contributed by atoms with Crippen LogP contribution in [0.1, 0.15) is 10.4 Å². The van der Waals surface area contributed by atoms with Crippen molar-refractivity contribution in [2.24, 2.45) is 5.84 Å². The Morgan fingerprint density at radius 1 is 1.19 bits per heavy atom. The highest BCUT2D eigenvalue weighted by atomic mass is 79.9. The molecule has 106 valence electrons. The predicted octanol–water partition coefficient (Wildman–Crippen LogP) is 3.60. The quantitative estimate of drug-likeness (QED) is 0.491. The topological polar surface area (TPSA) is 80.0 Å². The molecule has 0 fully saturated rings. The zero-order chi connectivity index (χ0) is 14.8. The van der Waals surface area contributed by atoms with Gasteiger partial charge in [-0.1, -0.05) is 27.3 Å². The minimum atomic E-state index is -0.150. The maximum Gasteiger partial charge on any atom is 0.255 e. The van der Waals surface area contributed by atoms with E-state index < -0.39 is 0 Å².